The number of allylic oxidation sites excluding steroid dienone is 16. The summed E-state index contributed by atoms with van der Waals surface area (Å²) in [6, 6.07) is 0. The van der Waals surface area contributed by atoms with Crippen LogP contribution >= 0.6 is 0 Å². The zero-order chi connectivity index (χ0) is 52.9. The van der Waals surface area contributed by atoms with E-state index in [4.69, 9.17) is 14.2 Å². The predicted octanol–water partition coefficient (Wildman–Crippen LogP) is 20.9. The van der Waals surface area contributed by atoms with E-state index in [0.717, 1.165) is 83.5 Å². The third-order valence-electron chi connectivity index (χ3n) is 13.1. The molecule has 0 aromatic carbocycles. The lowest BCUT2D eigenvalue weighted by Gasteiger charge is -2.18. The molecule has 73 heavy (non-hydrogen) atoms. The van der Waals surface area contributed by atoms with Crippen LogP contribution in [0.15, 0.2) is 97.2 Å². The van der Waals surface area contributed by atoms with Crippen LogP contribution in [0.4, 0.5) is 0 Å². The smallest absolute Gasteiger partial charge is 0.306 e. The van der Waals surface area contributed by atoms with Gasteiger partial charge in [-0.2, -0.15) is 0 Å². The summed E-state index contributed by atoms with van der Waals surface area (Å²) in [5.74, 6) is -0.983. The molecule has 0 aliphatic carbocycles. The van der Waals surface area contributed by atoms with Gasteiger partial charge in [0.25, 0.3) is 0 Å². The summed E-state index contributed by atoms with van der Waals surface area (Å²) >= 11 is 0. The summed E-state index contributed by atoms with van der Waals surface area (Å²) in [5, 5.41) is 0. The number of hydrogen-bond acceptors (Lipinski definition) is 6. The van der Waals surface area contributed by atoms with Gasteiger partial charge < -0.3 is 14.2 Å². The Morgan fingerprint density at radius 2 is 0.562 bits per heavy atom. The van der Waals surface area contributed by atoms with Crippen LogP contribution in [0, 0.1) is 0 Å². The van der Waals surface area contributed by atoms with Crippen LogP contribution in [0.3, 0.4) is 0 Å². The molecule has 0 aliphatic heterocycles. The van der Waals surface area contributed by atoms with Crippen molar-refractivity contribution in [3.63, 3.8) is 0 Å². The van der Waals surface area contributed by atoms with Crippen LogP contribution in [-0.2, 0) is 28.6 Å². The molecule has 0 unspecified atom stereocenters. The molecule has 0 amide bonds. The average molecular weight is 1020 g/mol. The molecule has 1 atom stereocenters. The molecule has 0 aromatic heterocycles. The Hall–Kier alpha value is -3.67. The van der Waals surface area contributed by atoms with Crippen LogP contribution in [0.25, 0.3) is 0 Å². The second-order valence-electron chi connectivity index (χ2n) is 20.2. The van der Waals surface area contributed by atoms with E-state index >= 15 is 0 Å². The Morgan fingerprint density at radius 3 is 0.945 bits per heavy atom. The van der Waals surface area contributed by atoms with Crippen molar-refractivity contribution in [1.29, 1.82) is 0 Å². The summed E-state index contributed by atoms with van der Waals surface area (Å²) in [5.41, 5.74) is 0. The highest BCUT2D eigenvalue weighted by Crippen LogP contribution is 2.16. The van der Waals surface area contributed by atoms with E-state index < -0.39 is 6.10 Å². The number of unbranched alkanes of at least 4 members (excludes halogenated alkanes) is 28. The van der Waals surface area contributed by atoms with Crippen molar-refractivity contribution in [3.05, 3.63) is 97.2 Å². The molecule has 0 fully saturated rings. The van der Waals surface area contributed by atoms with E-state index in [-0.39, 0.29) is 37.5 Å². The molecule has 0 rings (SSSR count). The number of esters is 3. The fraction of sp³-hybridized carbons (Fsp3) is 0.716. The molecule has 0 saturated heterocycles. The molecule has 0 aromatic rings. The highest BCUT2D eigenvalue weighted by molar-refractivity contribution is 5.71. The van der Waals surface area contributed by atoms with Gasteiger partial charge in [-0.05, 0) is 89.9 Å². The molecule has 0 aliphatic rings. The first-order chi connectivity index (χ1) is 36.0. The predicted molar refractivity (Wildman–Crippen MR) is 316 cm³/mol. The fourth-order valence-electron chi connectivity index (χ4n) is 8.50. The zero-order valence-electron chi connectivity index (χ0n) is 47.9. The molecule has 0 radical (unpaired) electrons. The normalized spacial score (nSPS) is 12.8. The third-order valence-corrected chi connectivity index (χ3v) is 13.1. The molecule has 0 saturated carbocycles. The van der Waals surface area contributed by atoms with E-state index in [1.807, 2.05) is 6.08 Å². The summed E-state index contributed by atoms with van der Waals surface area (Å²) < 4.78 is 16.8. The minimum absolute atomic E-state index is 0.100. The summed E-state index contributed by atoms with van der Waals surface area (Å²) in [6.07, 6.45) is 81.3. The Balaban J connectivity index is 4.48. The first-order valence-electron chi connectivity index (χ1n) is 30.7. The second-order valence-corrected chi connectivity index (χ2v) is 20.2. The van der Waals surface area contributed by atoms with Gasteiger partial charge in [0, 0.05) is 19.3 Å². The van der Waals surface area contributed by atoms with Crippen molar-refractivity contribution in [2.24, 2.45) is 0 Å². The van der Waals surface area contributed by atoms with Gasteiger partial charge in [-0.15, -0.1) is 0 Å². The maximum Gasteiger partial charge on any atom is 0.306 e. The Labute approximate surface area is 451 Å². The molecule has 0 spiro atoms. The quantitative estimate of drug-likeness (QED) is 0.0261. The number of ether oxygens (including phenoxy) is 3. The van der Waals surface area contributed by atoms with Crippen molar-refractivity contribution < 1.29 is 28.6 Å². The first kappa shape index (κ1) is 69.3. The van der Waals surface area contributed by atoms with Gasteiger partial charge in [0.05, 0.1) is 0 Å². The zero-order valence-corrected chi connectivity index (χ0v) is 47.9. The molecule has 6 nitrogen and oxygen atoms in total. The maximum absolute atomic E-state index is 12.9. The molecule has 0 bridgehead atoms. The van der Waals surface area contributed by atoms with Crippen LogP contribution in [0.5, 0.6) is 0 Å². The van der Waals surface area contributed by atoms with E-state index in [0.29, 0.717) is 19.3 Å². The number of hydrogen-bond donors (Lipinski definition) is 0. The number of carbonyl (C=O) groups excluding carboxylic acids is 3. The number of carbonyl (C=O) groups is 3. The van der Waals surface area contributed by atoms with Gasteiger partial charge in [-0.1, -0.05) is 279 Å². The van der Waals surface area contributed by atoms with Gasteiger partial charge in [0.2, 0.25) is 0 Å². The SMILES string of the molecule is CC/C=C/C/C=C/C/C=C/C/C=C/C/C=C/C/C=C/CCC(=O)OC[C@@H](COC(=O)CCCCCCCCCCCCCCCCCCC)OC(=O)CCCCCCCCCCC/C=C/C/C=C/CCCCC. The molecule has 0 heterocycles. The standard InChI is InChI=1S/C67H114O6/c1-4-7-10-13-16-19-22-25-28-31-33-36-39-42-45-48-51-54-57-60-66(69)72-63-64(62-71-65(68)59-56-53-50-47-44-41-38-35-30-27-24-21-18-15-12-9-6-3)73-67(70)61-58-55-52-49-46-43-40-37-34-32-29-26-23-20-17-14-11-8-5-2/h7,10,16-17,19-20,25-26,28-29,33,36,42,45,51,54,64H,4-6,8-9,11-15,18,21-24,27,30-32,34-35,37-41,43-44,46-50,52-53,55-63H2,1-3H3/b10-7+,19-16+,20-17+,28-25+,29-26+,36-33+,45-42+,54-51+/t64-/m1/s1. The lowest BCUT2D eigenvalue weighted by Crippen LogP contribution is -2.30. The Morgan fingerprint density at radius 1 is 0.288 bits per heavy atom. The van der Waals surface area contributed by atoms with Crippen molar-refractivity contribution >= 4 is 17.9 Å². The van der Waals surface area contributed by atoms with Crippen molar-refractivity contribution in [3.8, 4) is 0 Å². The van der Waals surface area contributed by atoms with Crippen molar-refractivity contribution in [2.45, 2.75) is 297 Å². The molecular formula is C67H114O6. The third kappa shape index (κ3) is 59.1. The molecule has 418 valence electrons. The van der Waals surface area contributed by atoms with E-state index in [1.165, 1.54) is 161 Å². The topological polar surface area (TPSA) is 78.9 Å². The molecule has 0 N–H and O–H groups in total. The second kappa shape index (κ2) is 60.9. The largest absolute Gasteiger partial charge is 0.462 e. The molecular weight excluding hydrogens is 901 g/mol. The van der Waals surface area contributed by atoms with Crippen molar-refractivity contribution in [1.82, 2.24) is 0 Å². The summed E-state index contributed by atoms with van der Waals surface area (Å²) in [7, 11) is 0. The van der Waals surface area contributed by atoms with E-state index in [1.54, 1.807) is 0 Å². The van der Waals surface area contributed by atoms with Gasteiger partial charge in [-0.3, -0.25) is 14.4 Å². The monoisotopic (exact) mass is 1010 g/mol. The maximum atomic E-state index is 12.9. The first-order valence-corrected chi connectivity index (χ1v) is 30.7. The Kier molecular flexibility index (Phi) is 57.8. The summed E-state index contributed by atoms with van der Waals surface area (Å²) in [4.78, 5) is 38.2. The van der Waals surface area contributed by atoms with E-state index in [9.17, 15) is 14.4 Å². The number of rotatable bonds is 55. The van der Waals surface area contributed by atoms with Crippen LogP contribution in [0.1, 0.15) is 290 Å². The minimum atomic E-state index is -0.811. The lowest BCUT2D eigenvalue weighted by molar-refractivity contribution is -0.166. The van der Waals surface area contributed by atoms with Gasteiger partial charge in [0.15, 0.2) is 6.10 Å². The fourth-order valence-corrected chi connectivity index (χ4v) is 8.50. The van der Waals surface area contributed by atoms with Gasteiger partial charge >= 0.3 is 17.9 Å². The van der Waals surface area contributed by atoms with Crippen LogP contribution < -0.4 is 0 Å². The Bertz CT molecular complexity index is 1440. The average Bonchev–Trinajstić information content (AvgIpc) is 3.39. The van der Waals surface area contributed by atoms with Crippen molar-refractivity contribution in [2.75, 3.05) is 13.2 Å². The lowest BCUT2D eigenvalue weighted by atomic mass is 10.0. The van der Waals surface area contributed by atoms with Crippen LogP contribution in [-0.4, -0.2) is 37.2 Å². The minimum Gasteiger partial charge on any atom is -0.462 e. The molecule has 6 heteroatoms. The van der Waals surface area contributed by atoms with E-state index in [2.05, 4.69) is 112 Å². The highest BCUT2D eigenvalue weighted by Gasteiger charge is 2.19. The van der Waals surface area contributed by atoms with Gasteiger partial charge in [0.1, 0.15) is 13.2 Å². The van der Waals surface area contributed by atoms with Gasteiger partial charge in [-0.25, -0.2) is 0 Å². The van der Waals surface area contributed by atoms with Crippen LogP contribution in [0.2, 0.25) is 0 Å². The highest BCUT2D eigenvalue weighted by atomic mass is 16.6. The summed E-state index contributed by atoms with van der Waals surface area (Å²) in [6.45, 7) is 6.46.